The molecule has 0 spiro atoms. The lowest BCUT2D eigenvalue weighted by atomic mass is 10.1. The average molecular weight is 141 g/mol. The number of aromatic nitrogens is 1. The Morgan fingerprint density at radius 2 is 1.82 bits per heavy atom. The lowest BCUT2D eigenvalue weighted by molar-refractivity contribution is 1.30. The van der Waals surface area contributed by atoms with Crippen LogP contribution in [0.25, 0.3) is 10.8 Å². The fourth-order valence-electron chi connectivity index (χ4n) is 1.10. The van der Waals surface area contributed by atoms with Crippen LogP contribution in [0.15, 0.2) is 36.5 Å². The van der Waals surface area contributed by atoms with Crippen molar-refractivity contribution in [1.82, 2.24) is 4.98 Å². The first-order chi connectivity index (χ1) is 5.36. The number of pyridine rings is 1. The van der Waals surface area contributed by atoms with E-state index in [1.165, 1.54) is 0 Å². The Labute approximate surface area is 65.7 Å². The Hall–Kier alpha value is -1.37. The van der Waals surface area contributed by atoms with Crippen molar-refractivity contribution in [1.29, 1.82) is 0 Å². The molecule has 0 unspecified atom stereocenters. The van der Waals surface area contributed by atoms with Crippen molar-refractivity contribution in [3.05, 3.63) is 49.1 Å². The number of hydrogen-bond acceptors (Lipinski definition) is 1. The van der Waals surface area contributed by atoms with E-state index < -0.39 is 0 Å². The minimum absolute atomic E-state index is 0.573. The quantitative estimate of drug-likeness (QED) is 0.548. The van der Waals surface area contributed by atoms with Crippen molar-refractivity contribution in [3.8, 4) is 0 Å². The van der Waals surface area contributed by atoms with Crippen molar-refractivity contribution in [3.63, 3.8) is 0 Å². The summed E-state index contributed by atoms with van der Waals surface area (Å²) in [6.45, 7) is 5.51. The molecule has 0 aliphatic carbocycles. The standard InChI is InChI=1S/C10H7N/c1-8-6-9-4-2-3-5-10(9)7-11-8/h1-7H. The smallest absolute Gasteiger partial charge is 0.0454 e. The van der Waals surface area contributed by atoms with Crippen LogP contribution in [0, 0.1) is 6.92 Å². The fraction of sp³-hybridized carbons (Fsp3) is 0. The fourth-order valence-corrected chi connectivity index (χ4v) is 1.10. The minimum Gasteiger partial charge on any atom is -0.260 e. The minimum atomic E-state index is 0.573. The third-order valence-corrected chi connectivity index (χ3v) is 1.65. The Bertz CT molecular complexity index is 379. The van der Waals surface area contributed by atoms with Gasteiger partial charge in [0.05, 0.1) is 0 Å². The summed E-state index contributed by atoms with van der Waals surface area (Å²) in [4.78, 5) is 3.99. The summed E-state index contributed by atoms with van der Waals surface area (Å²) in [6.07, 6.45) is 1.78. The molecule has 1 heteroatoms. The summed E-state index contributed by atoms with van der Waals surface area (Å²) in [6, 6.07) is 9.88. The molecular formula is C10H7N. The van der Waals surface area contributed by atoms with Gasteiger partial charge in [0, 0.05) is 24.2 Å². The number of nitrogens with zero attached hydrogens (tertiary/aromatic N) is 1. The van der Waals surface area contributed by atoms with E-state index in [-0.39, 0.29) is 0 Å². The number of fused-ring (bicyclic) bond motifs is 1. The van der Waals surface area contributed by atoms with Gasteiger partial charge in [-0.15, -0.1) is 0 Å². The lowest BCUT2D eigenvalue weighted by Gasteiger charge is -1.95. The van der Waals surface area contributed by atoms with Crippen LogP contribution in [0.3, 0.4) is 0 Å². The zero-order valence-electron chi connectivity index (χ0n) is 5.99. The molecule has 0 fully saturated rings. The molecule has 1 aromatic heterocycles. The van der Waals surface area contributed by atoms with Gasteiger partial charge in [-0.1, -0.05) is 24.3 Å². The Morgan fingerprint density at radius 1 is 1.09 bits per heavy atom. The van der Waals surface area contributed by atoms with E-state index in [9.17, 15) is 0 Å². The molecule has 0 aliphatic heterocycles. The van der Waals surface area contributed by atoms with Gasteiger partial charge in [0.1, 0.15) is 0 Å². The van der Waals surface area contributed by atoms with Crippen LogP contribution in [0.2, 0.25) is 0 Å². The van der Waals surface area contributed by atoms with E-state index >= 15 is 0 Å². The Kier molecular flexibility index (Phi) is 1.35. The van der Waals surface area contributed by atoms with Crippen molar-refractivity contribution in [2.24, 2.45) is 0 Å². The monoisotopic (exact) mass is 141 g/mol. The molecular weight excluding hydrogens is 134 g/mol. The number of benzene rings is 1. The van der Waals surface area contributed by atoms with Crippen LogP contribution in [-0.4, -0.2) is 4.98 Å². The van der Waals surface area contributed by atoms with Gasteiger partial charge >= 0.3 is 0 Å². The molecule has 0 amide bonds. The molecule has 0 saturated heterocycles. The van der Waals surface area contributed by atoms with Gasteiger partial charge in [0.15, 0.2) is 0 Å². The van der Waals surface area contributed by atoms with Crippen LogP contribution < -0.4 is 0 Å². The highest BCUT2D eigenvalue weighted by molar-refractivity contribution is 5.81. The molecule has 1 nitrogen and oxygen atoms in total. The highest BCUT2D eigenvalue weighted by Crippen LogP contribution is 2.12. The van der Waals surface area contributed by atoms with Crippen LogP contribution >= 0.6 is 0 Å². The summed E-state index contributed by atoms with van der Waals surface area (Å²) in [7, 11) is 0. The Balaban J connectivity index is 2.83. The summed E-state index contributed by atoms with van der Waals surface area (Å²) in [5, 5.41) is 2.27. The lowest BCUT2D eigenvalue weighted by Crippen LogP contribution is -1.79. The van der Waals surface area contributed by atoms with Crippen molar-refractivity contribution < 1.29 is 0 Å². The molecule has 0 saturated carbocycles. The average Bonchev–Trinajstić information content (AvgIpc) is 2.04. The van der Waals surface area contributed by atoms with Crippen LogP contribution in [0.4, 0.5) is 0 Å². The first-order valence-electron chi connectivity index (χ1n) is 3.46. The Morgan fingerprint density at radius 3 is 2.64 bits per heavy atom. The molecule has 1 heterocycles. The van der Waals surface area contributed by atoms with Crippen LogP contribution in [0.1, 0.15) is 5.69 Å². The number of rotatable bonds is 0. The van der Waals surface area contributed by atoms with Crippen molar-refractivity contribution in [2.75, 3.05) is 0 Å². The van der Waals surface area contributed by atoms with Crippen molar-refractivity contribution in [2.45, 2.75) is 0 Å². The van der Waals surface area contributed by atoms with Gasteiger partial charge in [-0.2, -0.15) is 0 Å². The molecule has 2 rings (SSSR count). The molecule has 2 radical (unpaired) electrons. The molecule has 0 atom stereocenters. The topological polar surface area (TPSA) is 12.9 Å². The SMILES string of the molecule is [CH]c1cc2ccccc2cn1. The molecule has 52 valence electrons. The maximum absolute atomic E-state index is 5.51. The molecule has 0 N–H and O–H groups in total. The first kappa shape index (κ1) is 6.35. The van der Waals surface area contributed by atoms with E-state index in [2.05, 4.69) is 4.98 Å². The molecule has 0 aliphatic rings. The zero-order chi connectivity index (χ0) is 7.68. The van der Waals surface area contributed by atoms with Gasteiger partial charge in [-0.25, -0.2) is 0 Å². The highest BCUT2D eigenvalue weighted by Gasteiger charge is 1.90. The normalized spacial score (nSPS) is 10.3. The molecule has 11 heavy (non-hydrogen) atoms. The molecule has 0 bridgehead atoms. The molecule has 1 aromatic carbocycles. The second kappa shape index (κ2) is 2.35. The van der Waals surface area contributed by atoms with Crippen molar-refractivity contribution >= 4 is 10.8 Å². The van der Waals surface area contributed by atoms with Crippen LogP contribution in [-0.2, 0) is 0 Å². The summed E-state index contributed by atoms with van der Waals surface area (Å²) >= 11 is 0. The van der Waals surface area contributed by atoms with E-state index in [1.54, 1.807) is 6.20 Å². The van der Waals surface area contributed by atoms with Gasteiger partial charge in [0.2, 0.25) is 0 Å². The van der Waals surface area contributed by atoms with Gasteiger partial charge < -0.3 is 0 Å². The maximum atomic E-state index is 5.51. The van der Waals surface area contributed by atoms with E-state index in [1.807, 2.05) is 30.3 Å². The third-order valence-electron chi connectivity index (χ3n) is 1.65. The van der Waals surface area contributed by atoms with Gasteiger partial charge in [0.25, 0.3) is 0 Å². The second-order valence-electron chi connectivity index (χ2n) is 2.46. The number of hydrogen-bond donors (Lipinski definition) is 0. The third kappa shape index (κ3) is 1.09. The maximum Gasteiger partial charge on any atom is 0.0454 e. The largest absolute Gasteiger partial charge is 0.260 e. The zero-order valence-corrected chi connectivity index (χ0v) is 5.99. The van der Waals surface area contributed by atoms with E-state index in [0.717, 1.165) is 10.8 Å². The summed E-state index contributed by atoms with van der Waals surface area (Å²) < 4.78 is 0. The van der Waals surface area contributed by atoms with E-state index in [0.29, 0.717) is 5.69 Å². The highest BCUT2D eigenvalue weighted by atomic mass is 14.6. The predicted octanol–water partition coefficient (Wildman–Crippen LogP) is 2.29. The van der Waals surface area contributed by atoms with E-state index in [4.69, 9.17) is 6.92 Å². The molecule has 2 aromatic rings. The van der Waals surface area contributed by atoms with Gasteiger partial charge in [-0.3, -0.25) is 4.98 Å². The first-order valence-corrected chi connectivity index (χ1v) is 3.46. The van der Waals surface area contributed by atoms with Gasteiger partial charge in [-0.05, 0) is 11.5 Å². The summed E-state index contributed by atoms with van der Waals surface area (Å²) in [5.41, 5.74) is 0.573. The predicted molar refractivity (Wildman–Crippen MR) is 45.1 cm³/mol. The van der Waals surface area contributed by atoms with Crippen LogP contribution in [0.5, 0.6) is 0 Å². The second-order valence-corrected chi connectivity index (χ2v) is 2.46. The summed E-state index contributed by atoms with van der Waals surface area (Å²) in [5.74, 6) is 0.